The third-order valence-corrected chi connectivity index (χ3v) is 14.9. The van der Waals surface area contributed by atoms with Crippen molar-refractivity contribution in [2.75, 3.05) is 14.7 Å². The van der Waals surface area contributed by atoms with Crippen LogP contribution in [0.5, 0.6) is 0 Å². The van der Waals surface area contributed by atoms with Crippen LogP contribution in [0.25, 0.3) is 55.3 Å². The maximum absolute atomic E-state index is 5.36. The number of aromatic nitrogens is 2. The zero-order valence-electron chi connectivity index (χ0n) is 37.2. The van der Waals surface area contributed by atoms with Crippen LogP contribution in [-0.2, 0) is 0 Å². The fourth-order valence-electron chi connectivity index (χ4n) is 9.69. The van der Waals surface area contributed by atoms with E-state index in [1.54, 1.807) is 11.8 Å². The van der Waals surface area contributed by atoms with Gasteiger partial charge in [-0.1, -0.05) is 169 Å². The van der Waals surface area contributed by atoms with Gasteiger partial charge in [-0.15, -0.1) is 0 Å². The molecular weight excluding hydrogens is 879 g/mol. The molecule has 10 aromatic carbocycles. The van der Waals surface area contributed by atoms with Crippen LogP contribution in [0.2, 0.25) is 0 Å². The summed E-state index contributed by atoms with van der Waals surface area (Å²) in [6.45, 7) is 0. The molecule has 0 spiro atoms. The van der Waals surface area contributed by atoms with E-state index in [9.17, 15) is 0 Å². The highest BCUT2D eigenvalue weighted by molar-refractivity contribution is 8.00. The summed E-state index contributed by atoms with van der Waals surface area (Å²) in [4.78, 5) is 14.8. The molecule has 0 saturated heterocycles. The standard InChI is InChI=1S/C62H41N5S2/c1-4-16-42(17-5-1)45-30-35-49(36-31-45)65-53-25-10-11-26-54(53)66(50-37-32-46(33-38-50)43-18-6-2-7-19-43)58-41-48(34-39-55(58)65)62-63-61(64-69-62)52-24-15-28-57-60(52)68-59-29-13-12-27-56(59)67(57)51-23-14-22-47(40-51)44-20-8-3-9-21-44/h1-41H. The predicted octanol–water partition coefficient (Wildman–Crippen LogP) is 18.1. The number of fused-ring (bicyclic) bond motifs is 4. The van der Waals surface area contributed by atoms with Gasteiger partial charge in [0.05, 0.1) is 34.1 Å². The fourth-order valence-corrected chi connectivity index (χ4v) is 11.5. The molecule has 5 nitrogen and oxygen atoms in total. The third kappa shape index (κ3) is 7.36. The second kappa shape index (κ2) is 17.3. The number of hydrogen-bond donors (Lipinski definition) is 0. The summed E-state index contributed by atoms with van der Waals surface area (Å²) in [5, 5.41) is 0.857. The largest absolute Gasteiger partial charge is 0.308 e. The SMILES string of the molecule is c1ccc(-c2ccc(N3c4ccccc4N(c4ccc(-c5ccccc5)cc4)c4cc(-c5nc(-c6cccc7c6Sc6ccccc6N7c6cccc(-c7ccccc7)c6)ns5)ccc43)cc2)cc1. The van der Waals surface area contributed by atoms with E-state index in [1.165, 1.54) is 49.8 Å². The minimum absolute atomic E-state index is 0.716. The van der Waals surface area contributed by atoms with E-state index < -0.39 is 0 Å². The molecule has 1 aromatic heterocycles. The van der Waals surface area contributed by atoms with E-state index in [-0.39, 0.29) is 0 Å². The summed E-state index contributed by atoms with van der Waals surface area (Å²) in [7, 11) is 0. The van der Waals surface area contributed by atoms with Crippen molar-refractivity contribution in [1.29, 1.82) is 0 Å². The summed E-state index contributed by atoms with van der Waals surface area (Å²) in [5.74, 6) is 0.716. The van der Waals surface area contributed by atoms with E-state index in [4.69, 9.17) is 9.36 Å². The second-order valence-electron chi connectivity index (χ2n) is 17.1. The lowest BCUT2D eigenvalue weighted by Gasteiger charge is -2.40. The summed E-state index contributed by atoms with van der Waals surface area (Å²) in [6.07, 6.45) is 0. The number of benzene rings is 10. The quantitative estimate of drug-likeness (QED) is 0.151. The summed E-state index contributed by atoms with van der Waals surface area (Å²) in [5.41, 5.74) is 19.0. The second-order valence-corrected chi connectivity index (χ2v) is 18.9. The molecule has 0 fully saturated rings. The normalized spacial score (nSPS) is 12.5. The first kappa shape index (κ1) is 40.8. The minimum Gasteiger partial charge on any atom is -0.308 e. The van der Waals surface area contributed by atoms with Crippen molar-refractivity contribution in [2.24, 2.45) is 0 Å². The molecule has 0 radical (unpaired) electrons. The molecule has 0 amide bonds. The van der Waals surface area contributed by atoms with Gasteiger partial charge in [0.25, 0.3) is 0 Å². The molecule has 0 atom stereocenters. The molecule has 0 saturated carbocycles. The monoisotopic (exact) mass is 919 g/mol. The predicted molar refractivity (Wildman–Crippen MR) is 289 cm³/mol. The summed E-state index contributed by atoms with van der Waals surface area (Å²) < 4.78 is 5.11. The molecule has 2 aliphatic heterocycles. The van der Waals surface area contributed by atoms with E-state index in [1.807, 2.05) is 0 Å². The van der Waals surface area contributed by atoms with Crippen LogP contribution in [0, 0.1) is 0 Å². The van der Waals surface area contributed by atoms with E-state index in [0.29, 0.717) is 5.82 Å². The van der Waals surface area contributed by atoms with Crippen LogP contribution in [0.15, 0.2) is 259 Å². The van der Waals surface area contributed by atoms with Gasteiger partial charge in [-0.05, 0) is 136 Å². The lowest BCUT2D eigenvalue weighted by Crippen LogP contribution is -2.24. The highest BCUT2D eigenvalue weighted by Crippen LogP contribution is 2.57. The zero-order chi connectivity index (χ0) is 45.7. The average molecular weight is 920 g/mol. The van der Waals surface area contributed by atoms with Crippen LogP contribution in [0.1, 0.15) is 0 Å². The molecule has 69 heavy (non-hydrogen) atoms. The van der Waals surface area contributed by atoms with Crippen molar-refractivity contribution in [3.05, 3.63) is 249 Å². The highest BCUT2D eigenvalue weighted by Gasteiger charge is 2.32. The molecule has 0 unspecified atom stereocenters. The third-order valence-electron chi connectivity index (χ3n) is 13.0. The first-order valence-electron chi connectivity index (χ1n) is 23.1. The van der Waals surface area contributed by atoms with Crippen LogP contribution >= 0.6 is 23.3 Å². The summed E-state index contributed by atoms with van der Waals surface area (Å²) in [6, 6.07) is 89.0. The Hall–Kier alpha value is -8.49. The van der Waals surface area contributed by atoms with Crippen molar-refractivity contribution in [1.82, 2.24) is 9.36 Å². The van der Waals surface area contributed by atoms with Gasteiger partial charge in [-0.2, -0.15) is 4.37 Å². The number of rotatable bonds is 8. The maximum atomic E-state index is 5.36. The van der Waals surface area contributed by atoms with Gasteiger partial charge in [0.1, 0.15) is 5.01 Å². The summed E-state index contributed by atoms with van der Waals surface area (Å²) >= 11 is 3.23. The molecule has 0 N–H and O–H groups in total. The van der Waals surface area contributed by atoms with Gasteiger partial charge in [0.2, 0.25) is 0 Å². The number of hydrogen-bond acceptors (Lipinski definition) is 7. The highest BCUT2D eigenvalue weighted by atomic mass is 32.2. The van der Waals surface area contributed by atoms with Crippen molar-refractivity contribution in [2.45, 2.75) is 9.79 Å². The average Bonchev–Trinajstić information content (AvgIpc) is 3.93. The molecule has 326 valence electrons. The van der Waals surface area contributed by atoms with Crippen LogP contribution < -0.4 is 14.7 Å². The Morgan fingerprint density at radius 2 is 0.768 bits per heavy atom. The van der Waals surface area contributed by atoms with Crippen LogP contribution in [0.3, 0.4) is 0 Å². The molecule has 3 heterocycles. The number of para-hydroxylation sites is 3. The molecule has 2 aliphatic rings. The van der Waals surface area contributed by atoms with Gasteiger partial charge in [0, 0.05) is 38.0 Å². The first-order chi connectivity index (χ1) is 34.2. The minimum atomic E-state index is 0.716. The Morgan fingerprint density at radius 1 is 0.304 bits per heavy atom. The van der Waals surface area contributed by atoms with E-state index >= 15 is 0 Å². The van der Waals surface area contributed by atoms with Crippen LogP contribution in [-0.4, -0.2) is 9.36 Å². The first-order valence-corrected chi connectivity index (χ1v) is 24.7. The van der Waals surface area contributed by atoms with Crippen LogP contribution in [0.4, 0.5) is 51.2 Å². The van der Waals surface area contributed by atoms with Crippen molar-refractivity contribution in [3.8, 4) is 55.3 Å². The smallest absolute Gasteiger partial charge is 0.174 e. The Labute approximate surface area is 410 Å². The number of anilines is 9. The Morgan fingerprint density at radius 3 is 1.41 bits per heavy atom. The molecule has 0 aliphatic carbocycles. The van der Waals surface area contributed by atoms with E-state index in [2.05, 4.69) is 263 Å². The van der Waals surface area contributed by atoms with Gasteiger partial charge in [0.15, 0.2) is 5.82 Å². The Balaban J connectivity index is 0.912. The lowest BCUT2D eigenvalue weighted by molar-refractivity contribution is 1.16. The Kier molecular flexibility index (Phi) is 10.2. The molecular formula is C62H41N5S2. The molecule has 0 bridgehead atoms. The van der Waals surface area contributed by atoms with Crippen molar-refractivity contribution >= 4 is 74.5 Å². The Bertz CT molecular complexity index is 3650. The molecule has 7 heteroatoms. The fraction of sp³-hybridized carbons (Fsp3) is 0. The molecule has 13 rings (SSSR count). The molecule has 11 aromatic rings. The maximum Gasteiger partial charge on any atom is 0.174 e. The van der Waals surface area contributed by atoms with Gasteiger partial charge in [-0.25, -0.2) is 4.98 Å². The van der Waals surface area contributed by atoms with E-state index in [0.717, 1.165) is 72.2 Å². The zero-order valence-corrected chi connectivity index (χ0v) is 38.9. The van der Waals surface area contributed by atoms with Crippen molar-refractivity contribution < 1.29 is 0 Å². The lowest BCUT2D eigenvalue weighted by atomic mass is 10.0. The van der Waals surface area contributed by atoms with Gasteiger partial charge >= 0.3 is 0 Å². The van der Waals surface area contributed by atoms with Gasteiger partial charge in [-0.3, -0.25) is 0 Å². The van der Waals surface area contributed by atoms with Crippen molar-refractivity contribution in [3.63, 3.8) is 0 Å². The van der Waals surface area contributed by atoms with Gasteiger partial charge < -0.3 is 14.7 Å². The topological polar surface area (TPSA) is 35.5 Å². The number of nitrogens with zero attached hydrogens (tertiary/aromatic N) is 5.